The van der Waals surface area contributed by atoms with Gasteiger partial charge in [0.15, 0.2) is 6.20 Å². The highest BCUT2D eigenvalue weighted by molar-refractivity contribution is 7.10. The van der Waals surface area contributed by atoms with Crippen molar-refractivity contribution in [1.29, 1.82) is 5.26 Å². The largest absolute Gasteiger partial charge is 0.455 e. The molecule has 0 unspecified atom stereocenters. The van der Waals surface area contributed by atoms with Crippen molar-refractivity contribution in [3.8, 4) is 17.3 Å². The number of nitrogens with zero attached hydrogens (tertiary/aromatic N) is 2. The Bertz CT molecular complexity index is 2090. The van der Waals surface area contributed by atoms with Gasteiger partial charge < -0.3 is 4.42 Å². The number of benzene rings is 4. The van der Waals surface area contributed by atoms with Crippen LogP contribution in [0.3, 0.4) is 0 Å². The summed E-state index contributed by atoms with van der Waals surface area (Å²) in [5.41, 5.74) is 3.21. The average molecular weight is 530 g/mol. The fourth-order valence-corrected chi connectivity index (χ4v) is 9.45. The summed E-state index contributed by atoms with van der Waals surface area (Å²) in [5, 5.41) is 14.0. The standard InChI is InChI=1S/C35H31N2OSi/c1-23-16-18-30-29-19-17-26(21-36)25(3)34(29)38-35(30)33(23)31-20-32(24(2)22-37(31)4)39(5,27-12-8-6-9-13-27)28-14-10-7-11-15-28/h6-20,22H,1-5H3/q+1/i2D3,3D3. The molecule has 0 aliphatic heterocycles. The highest BCUT2D eigenvalue weighted by atomic mass is 28.3. The molecule has 4 heteroatoms. The second-order valence-corrected chi connectivity index (χ2v) is 14.1. The van der Waals surface area contributed by atoms with Crippen LogP contribution >= 0.6 is 0 Å². The third kappa shape index (κ3) is 3.81. The first-order valence-electron chi connectivity index (χ1n) is 15.8. The number of hydrogen-bond acceptors (Lipinski definition) is 2. The van der Waals surface area contributed by atoms with Gasteiger partial charge in [-0.3, -0.25) is 0 Å². The molecule has 0 radical (unpaired) electrons. The second kappa shape index (κ2) is 9.38. The van der Waals surface area contributed by atoms with Crippen LogP contribution in [0.1, 0.15) is 30.5 Å². The van der Waals surface area contributed by atoms with Crippen LogP contribution in [0, 0.1) is 32.0 Å². The van der Waals surface area contributed by atoms with Gasteiger partial charge in [0.05, 0.1) is 17.2 Å². The summed E-state index contributed by atoms with van der Waals surface area (Å²) in [5.74, 6) is 0. The van der Waals surface area contributed by atoms with Crippen molar-refractivity contribution in [2.24, 2.45) is 7.05 Å². The summed E-state index contributed by atoms with van der Waals surface area (Å²) in [6.45, 7) is -0.805. The monoisotopic (exact) mass is 529 g/mol. The minimum Gasteiger partial charge on any atom is -0.455 e. The molecular formula is C35H31N2OSi+. The fraction of sp³-hybridized carbons (Fsp3) is 0.143. The Labute approximate surface area is 239 Å². The third-order valence-electron chi connectivity index (χ3n) is 7.91. The van der Waals surface area contributed by atoms with Crippen LogP contribution < -0.4 is 20.1 Å². The molecule has 6 aromatic rings. The zero-order valence-electron chi connectivity index (χ0n) is 28.0. The Morgan fingerprint density at radius 2 is 1.46 bits per heavy atom. The molecule has 39 heavy (non-hydrogen) atoms. The van der Waals surface area contributed by atoms with E-state index >= 15 is 0 Å². The zero-order valence-corrected chi connectivity index (χ0v) is 23.0. The van der Waals surface area contributed by atoms with Crippen molar-refractivity contribution < 1.29 is 17.2 Å². The van der Waals surface area contributed by atoms with E-state index in [0.717, 1.165) is 32.4 Å². The zero-order chi connectivity index (χ0) is 32.3. The predicted molar refractivity (Wildman–Crippen MR) is 163 cm³/mol. The molecule has 0 fully saturated rings. The van der Waals surface area contributed by atoms with Crippen LogP contribution in [0.25, 0.3) is 33.2 Å². The Kier molecular flexibility index (Phi) is 4.50. The van der Waals surface area contributed by atoms with Crippen LogP contribution in [-0.2, 0) is 7.05 Å². The van der Waals surface area contributed by atoms with Crippen LogP contribution in [0.4, 0.5) is 0 Å². The molecule has 0 aliphatic rings. The van der Waals surface area contributed by atoms with E-state index in [0.29, 0.717) is 16.4 Å². The van der Waals surface area contributed by atoms with Crippen LogP contribution in [-0.4, -0.2) is 8.07 Å². The summed E-state index contributed by atoms with van der Waals surface area (Å²) in [6, 6.07) is 31.3. The van der Waals surface area contributed by atoms with E-state index in [2.05, 4.69) is 30.8 Å². The molecular weight excluding hydrogens is 492 g/mol. The molecule has 0 spiro atoms. The SMILES string of the molecule is [2H]C([2H])([2H])c1c[n+](C)c(-c2c(C)ccc3c2oc2c(C([2H])([2H])[2H])c(C#N)ccc23)cc1[Si](C)(c1ccccc1)c1ccccc1. The summed E-state index contributed by atoms with van der Waals surface area (Å²) >= 11 is 0. The van der Waals surface area contributed by atoms with Crippen LogP contribution in [0.2, 0.25) is 6.55 Å². The third-order valence-corrected chi connectivity index (χ3v) is 12.4. The molecule has 0 saturated carbocycles. The molecule has 0 atom stereocenters. The van der Waals surface area contributed by atoms with Gasteiger partial charge in [-0.05, 0) is 53.9 Å². The Morgan fingerprint density at radius 3 is 2.08 bits per heavy atom. The first-order chi connectivity index (χ1) is 21.3. The van der Waals surface area contributed by atoms with Gasteiger partial charge in [0.1, 0.15) is 26.3 Å². The molecule has 6 rings (SSSR count). The summed E-state index contributed by atoms with van der Waals surface area (Å²) in [7, 11) is -1.08. The highest BCUT2D eigenvalue weighted by Crippen LogP contribution is 2.38. The molecule has 0 saturated heterocycles. The van der Waals surface area contributed by atoms with Gasteiger partial charge in [-0.2, -0.15) is 5.26 Å². The first kappa shape index (κ1) is 18.7. The van der Waals surface area contributed by atoms with Crippen LogP contribution in [0.15, 0.2) is 102 Å². The number of nitriles is 1. The second-order valence-electron chi connectivity index (χ2n) is 10.2. The van der Waals surface area contributed by atoms with Crippen molar-refractivity contribution in [1.82, 2.24) is 0 Å². The average Bonchev–Trinajstić information content (AvgIpc) is 3.38. The van der Waals surface area contributed by atoms with Gasteiger partial charge >= 0.3 is 0 Å². The van der Waals surface area contributed by atoms with E-state index in [9.17, 15) is 5.26 Å². The number of hydrogen-bond donors (Lipinski definition) is 0. The normalized spacial score (nSPS) is 14.6. The molecule has 0 amide bonds. The molecule has 190 valence electrons. The first-order valence-corrected chi connectivity index (χ1v) is 15.3. The lowest BCUT2D eigenvalue weighted by Gasteiger charge is -2.30. The number of rotatable bonds is 4. The van der Waals surface area contributed by atoms with E-state index in [4.69, 9.17) is 12.6 Å². The Morgan fingerprint density at radius 1 is 0.821 bits per heavy atom. The van der Waals surface area contributed by atoms with E-state index in [1.807, 2.05) is 79.2 Å². The van der Waals surface area contributed by atoms with E-state index in [1.165, 1.54) is 6.07 Å². The molecule has 2 aromatic heterocycles. The van der Waals surface area contributed by atoms with Gasteiger partial charge in [0, 0.05) is 36.2 Å². The van der Waals surface area contributed by atoms with Crippen LogP contribution in [0.5, 0.6) is 0 Å². The minimum absolute atomic E-state index is 0.0437. The fourth-order valence-electron chi connectivity index (χ4n) is 5.75. The molecule has 0 aliphatic carbocycles. The van der Waals surface area contributed by atoms with Crippen molar-refractivity contribution in [2.45, 2.75) is 27.2 Å². The maximum Gasteiger partial charge on any atom is 0.216 e. The number of fused-ring (bicyclic) bond motifs is 3. The van der Waals surface area contributed by atoms with Crippen molar-refractivity contribution in [3.63, 3.8) is 0 Å². The van der Waals surface area contributed by atoms with Crippen molar-refractivity contribution in [3.05, 3.63) is 119 Å². The number of aromatic nitrogens is 1. The number of furan rings is 1. The van der Waals surface area contributed by atoms with E-state index in [1.54, 1.807) is 12.3 Å². The van der Waals surface area contributed by atoms with Gasteiger partial charge in [-0.25, -0.2) is 4.57 Å². The highest BCUT2D eigenvalue weighted by Gasteiger charge is 2.37. The molecule has 2 heterocycles. The Balaban J connectivity index is 1.74. The maximum absolute atomic E-state index is 9.73. The maximum atomic E-state index is 9.73. The van der Waals surface area contributed by atoms with Gasteiger partial charge in [0.2, 0.25) is 5.69 Å². The number of aryl methyl sites for hydroxylation is 4. The topological polar surface area (TPSA) is 40.8 Å². The molecule has 3 nitrogen and oxygen atoms in total. The van der Waals surface area contributed by atoms with Gasteiger partial charge in [-0.15, -0.1) is 0 Å². The van der Waals surface area contributed by atoms with Crippen molar-refractivity contribution in [2.75, 3.05) is 0 Å². The number of pyridine rings is 1. The minimum atomic E-state index is -2.90. The lowest BCUT2D eigenvalue weighted by atomic mass is 9.99. The van der Waals surface area contributed by atoms with Gasteiger partial charge in [-0.1, -0.05) is 79.3 Å². The summed E-state index contributed by atoms with van der Waals surface area (Å²) in [6.07, 6.45) is 1.71. The lowest BCUT2D eigenvalue weighted by molar-refractivity contribution is -0.660. The van der Waals surface area contributed by atoms with Crippen molar-refractivity contribution >= 4 is 45.6 Å². The smallest absolute Gasteiger partial charge is 0.216 e. The van der Waals surface area contributed by atoms with Gasteiger partial charge in [0.25, 0.3) is 0 Å². The quantitative estimate of drug-likeness (QED) is 0.208. The predicted octanol–water partition coefficient (Wildman–Crippen LogP) is 5.97. The Hall–Kier alpha value is -4.46. The molecule has 4 aromatic carbocycles. The summed E-state index contributed by atoms with van der Waals surface area (Å²) < 4.78 is 58.6. The lowest BCUT2D eigenvalue weighted by Crippen LogP contribution is -2.66. The van der Waals surface area contributed by atoms with E-state index < -0.39 is 21.8 Å². The molecule has 0 N–H and O–H groups in total. The van der Waals surface area contributed by atoms with E-state index in [-0.39, 0.29) is 22.3 Å². The summed E-state index contributed by atoms with van der Waals surface area (Å²) in [4.78, 5) is 0. The molecule has 0 bridgehead atoms.